The Labute approximate surface area is 132 Å². The van der Waals surface area contributed by atoms with E-state index in [1.54, 1.807) is 55.4 Å². The van der Waals surface area contributed by atoms with E-state index in [-0.39, 0.29) is 14.0 Å². The van der Waals surface area contributed by atoms with Crippen molar-refractivity contribution in [1.82, 2.24) is 0 Å². The zero-order valence-corrected chi connectivity index (χ0v) is 16.9. The summed E-state index contributed by atoms with van der Waals surface area (Å²) in [5.74, 6) is -1.86. The van der Waals surface area contributed by atoms with Gasteiger partial charge in [-0.1, -0.05) is 0 Å². The summed E-state index contributed by atoms with van der Waals surface area (Å²) in [6, 6.07) is 0. The topological polar surface area (TPSA) is 68.3 Å². The SMILES string of the molecule is CC(C)[C](=O)[Zr]([C](=O)C(C)C)([C](=O)C(C)C)[C](=O)C(C)C. The molecular weight excluding hydrogens is 347 g/mol. The van der Waals surface area contributed by atoms with Crippen LogP contribution >= 0.6 is 0 Å². The Morgan fingerprint density at radius 3 is 0.714 bits per heavy atom. The molecule has 0 saturated carbocycles. The first-order valence-electron chi connectivity index (χ1n) is 7.59. The number of rotatable bonds is 8. The molecule has 0 saturated heterocycles. The zero-order chi connectivity index (χ0) is 17.1. The van der Waals surface area contributed by atoms with Gasteiger partial charge in [-0.15, -0.1) is 0 Å². The van der Waals surface area contributed by atoms with Gasteiger partial charge in [-0.25, -0.2) is 0 Å². The van der Waals surface area contributed by atoms with Crippen LogP contribution in [0.5, 0.6) is 0 Å². The first-order chi connectivity index (χ1) is 9.42. The summed E-state index contributed by atoms with van der Waals surface area (Å²) < 4.78 is -1.44. The standard InChI is InChI=1S/4C4H7O.Zr/c4*1-4(2)3-5;/h4*4H,1-2H3;. The van der Waals surface area contributed by atoms with Gasteiger partial charge in [0.05, 0.1) is 0 Å². The van der Waals surface area contributed by atoms with Crippen LogP contribution in [-0.4, -0.2) is 14.0 Å². The molecule has 0 radical (unpaired) electrons. The Kier molecular flexibility index (Phi) is 7.55. The van der Waals surface area contributed by atoms with Gasteiger partial charge in [-0.2, -0.15) is 0 Å². The number of hydrogen-bond acceptors (Lipinski definition) is 4. The molecule has 0 heterocycles. The number of hydrogen-bond donors (Lipinski definition) is 0. The maximum absolute atomic E-state index is 12.8. The van der Waals surface area contributed by atoms with Crippen molar-refractivity contribution in [2.24, 2.45) is 23.7 Å². The minimum atomic E-state index is -4.98. The summed E-state index contributed by atoms with van der Waals surface area (Å²) in [4.78, 5) is 51.3. The van der Waals surface area contributed by atoms with Gasteiger partial charge in [0.1, 0.15) is 0 Å². The van der Waals surface area contributed by atoms with Crippen LogP contribution in [0.1, 0.15) is 55.4 Å². The van der Waals surface area contributed by atoms with Crippen molar-refractivity contribution in [3.63, 3.8) is 0 Å². The van der Waals surface area contributed by atoms with Crippen LogP contribution in [0.25, 0.3) is 0 Å². The average Bonchev–Trinajstić information content (AvgIpc) is 2.37. The summed E-state index contributed by atoms with van der Waals surface area (Å²) in [6.45, 7) is 13.4. The van der Waals surface area contributed by atoms with E-state index in [0.29, 0.717) is 0 Å². The number of carbonyl (C=O) groups excluding carboxylic acids is 4. The van der Waals surface area contributed by atoms with Gasteiger partial charge >= 0.3 is 132 Å². The van der Waals surface area contributed by atoms with Crippen LogP contribution in [0.15, 0.2) is 0 Å². The molecule has 0 aromatic carbocycles. The van der Waals surface area contributed by atoms with Crippen molar-refractivity contribution in [3.05, 3.63) is 0 Å². The molecule has 0 atom stereocenters. The van der Waals surface area contributed by atoms with E-state index in [2.05, 4.69) is 0 Å². The molecule has 0 rings (SSSR count). The third kappa shape index (κ3) is 3.86. The second-order valence-corrected chi connectivity index (χ2v) is 15.4. The van der Waals surface area contributed by atoms with Crippen molar-refractivity contribution in [2.75, 3.05) is 0 Å². The molecule has 0 aliphatic heterocycles. The summed E-state index contributed by atoms with van der Waals surface area (Å²) in [6.07, 6.45) is 0. The van der Waals surface area contributed by atoms with Crippen molar-refractivity contribution in [2.45, 2.75) is 55.4 Å². The molecule has 0 fully saturated rings. The average molecular weight is 376 g/mol. The zero-order valence-electron chi connectivity index (χ0n) is 14.4. The summed E-state index contributed by atoms with van der Waals surface area (Å²) in [5, 5.41) is 0. The predicted octanol–water partition coefficient (Wildman–Crippen LogP) is 2.87. The molecule has 0 aromatic rings. The Bertz CT molecular complexity index is 362. The Morgan fingerprint density at radius 1 is 0.476 bits per heavy atom. The molecule has 0 bridgehead atoms. The Hall–Kier alpha value is -0.437. The molecule has 120 valence electrons. The fourth-order valence-corrected chi connectivity index (χ4v) is 14.6. The van der Waals surface area contributed by atoms with E-state index in [1.165, 1.54) is 0 Å². The second kappa shape index (κ2) is 7.71. The molecule has 0 aromatic heterocycles. The van der Waals surface area contributed by atoms with E-state index < -0.39 is 43.9 Å². The summed E-state index contributed by atoms with van der Waals surface area (Å²) in [5.41, 5.74) is 0. The normalized spacial score (nSPS) is 12.4. The van der Waals surface area contributed by atoms with Gasteiger partial charge in [-0.05, 0) is 0 Å². The first kappa shape index (κ1) is 20.6. The first-order valence-corrected chi connectivity index (χ1v) is 12.5. The van der Waals surface area contributed by atoms with Crippen LogP contribution in [-0.2, 0) is 39.4 Å². The molecule has 0 unspecified atom stereocenters. The molecule has 21 heavy (non-hydrogen) atoms. The molecule has 0 aliphatic rings. The van der Waals surface area contributed by atoms with E-state index in [4.69, 9.17) is 0 Å². The molecule has 0 amide bonds. The van der Waals surface area contributed by atoms with Crippen LogP contribution in [0.3, 0.4) is 0 Å². The quantitative estimate of drug-likeness (QED) is 0.654. The van der Waals surface area contributed by atoms with Crippen molar-refractivity contribution >= 4 is 14.0 Å². The fourth-order valence-electron chi connectivity index (χ4n) is 2.46. The molecule has 0 aliphatic carbocycles. The third-order valence-corrected chi connectivity index (χ3v) is 16.5. The predicted molar refractivity (Wildman–Crippen MR) is 79.4 cm³/mol. The Morgan fingerprint density at radius 2 is 0.619 bits per heavy atom. The minimum absolute atomic E-state index is 0.361. The van der Waals surface area contributed by atoms with E-state index in [0.717, 1.165) is 0 Å². The molecule has 0 N–H and O–H groups in total. The summed E-state index contributed by atoms with van der Waals surface area (Å²) in [7, 11) is 0. The van der Waals surface area contributed by atoms with Crippen LogP contribution in [0, 0.1) is 23.7 Å². The van der Waals surface area contributed by atoms with Gasteiger partial charge in [0.25, 0.3) is 0 Å². The van der Waals surface area contributed by atoms with Crippen LogP contribution in [0.4, 0.5) is 0 Å². The molecular formula is C16H28O4Zr. The van der Waals surface area contributed by atoms with Gasteiger partial charge < -0.3 is 0 Å². The monoisotopic (exact) mass is 374 g/mol. The molecule has 4 nitrogen and oxygen atoms in total. The maximum atomic E-state index is 12.8. The van der Waals surface area contributed by atoms with Gasteiger partial charge in [-0.3, -0.25) is 0 Å². The Balaban J connectivity index is 6.50. The summed E-state index contributed by atoms with van der Waals surface area (Å²) >= 11 is -4.98. The van der Waals surface area contributed by atoms with Gasteiger partial charge in [0.15, 0.2) is 0 Å². The van der Waals surface area contributed by atoms with Crippen LogP contribution in [0.2, 0.25) is 0 Å². The molecule has 0 spiro atoms. The van der Waals surface area contributed by atoms with Gasteiger partial charge in [0, 0.05) is 0 Å². The van der Waals surface area contributed by atoms with Crippen molar-refractivity contribution in [1.29, 1.82) is 0 Å². The van der Waals surface area contributed by atoms with Crippen molar-refractivity contribution < 1.29 is 39.4 Å². The molecule has 5 heteroatoms. The van der Waals surface area contributed by atoms with E-state index >= 15 is 0 Å². The van der Waals surface area contributed by atoms with E-state index in [9.17, 15) is 19.2 Å². The third-order valence-electron chi connectivity index (χ3n) is 3.58. The number of carbonyl (C=O) groups is 4. The van der Waals surface area contributed by atoms with Gasteiger partial charge in [0.2, 0.25) is 0 Å². The van der Waals surface area contributed by atoms with Crippen LogP contribution < -0.4 is 0 Å². The fraction of sp³-hybridized carbons (Fsp3) is 0.750. The van der Waals surface area contributed by atoms with Crippen molar-refractivity contribution in [3.8, 4) is 0 Å². The van der Waals surface area contributed by atoms with E-state index in [1.807, 2.05) is 0 Å². The second-order valence-electron chi connectivity index (χ2n) is 6.83.